The molecule has 0 saturated heterocycles. The van der Waals surface area contributed by atoms with Gasteiger partial charge in [0.15, 0.2) is 17.5 Å². The first-order valence-electron chi connectivity index (χ1n) is 18.4. The van der Waals surface area contributed by atoms with E-state index in [1.807, 2.05) is 97.3 Å². The highest BCUT2D eigenvalue weighted by Crippen LogP contribution is 2.35. The highest BCUT2D eigenvalue weighted by molar-refractivity contribution is 5.95. The third kappa shape index (κ3) is 6.33. The second kappa shape index (κ2) is 14.2. The van der Waals surface area contributed by atoms with Crippen LogP contribution in [-0.4, -0.2) is 34.9 Å². The van der Waals surface area contributed by atoms with E-state index in [4.69, 9.17) is 24.9 Å². The molecule has 10 aromatic rings. The zero-order chi connectivity index (χ0) is 37.3. The average Bonchev–Trinajstić information content (AvgIpc) is 3.29. The zero-order valence-electron chi connectivity index (χ0n) is 30.0. The largest absolute Gasteiger partial charge is 0.256 e. The Bertz CT molecular complexity index is 2790. The van der Waals surface area contributed by atoms with Gasteiger partial charge < -0.3 is 0 Å². The maximum absolute atomic E-state index is 5.20. The van der Waals surface area contributed by atoms with Gasteiger partial charge in [0.2, 0.25) is 0 Å². The minimum absolute atomic E-state index is 0.525. The molecule has 5 heterocycles. The van der Waals surface area contributed by atoms with Crippen molar-refractivity contribution in [1.29, 1.82) is 0 Å². The number of rotatable bonds is 7. The van der Waals surface area contributed by atoms with E-state index >= 15 is 0 Å². The number of aromatic nitrogens is 7. The first-order chi connectivity index (χ1) is 27.7. The molecule has 0 unspecified atom stereocenters. The van der Waals surface area contributed by atoms with Crippen molar-refractivity contribution in [3.8, 4) is 78.9 Å². The Morgan fingerprint density at radius 3 is 1.21 bits per heavy atom. The third-order valence-electron chi connectivity index (χ3n) is 9.93. The van der Waals surface area contributed by atoms with Crippen LogP contribution < -0.4 is 0 Å². The van der Waals surface area contributed by atoms with E-state index < -0.39 is 0 Å². The molecule has 262 valence electrons. The fourth-order valence-electron chi connectivity index (χ4n) is 7.13. The van der Waals surface area contributed by atoms with Gasteiger partial charge in [0.1, 0.15) is 0 Å². The van der Waals surface area contributed by atoms with Gasteiger partial charge in [-0.15, -0.1) is 0 Å². The van der Waals surface area contributed by atoms with E-state index in [0.717, 1.165) is 83.3 Å². The van der Waals surface area contributed by atoms with E-state index in [0.29, 0.717) is 17.5 Å². The van der Waals surface area contributed by atoms with Gasteiger partial charge in [-0.3, -0.25) is 19.9 Å². The minimum atomic E-state index is 0.525. The van der Waals surface area contributed by atoms with E-state index in [2.05, 4.69) is 88.8 Å². The summed E-state index contributed by atoms with van der Waals surface area (Å²) in [6, 6.07) is 55.3. The summed E-state index contributed by atoms with van der Waals surface area (Å²) in [5.41, 5.74) is 12.1. The lowest BCUT2D eigenvalue weighted by atomic mass is 9.98. The van der Waals surface area contributed by atoms with Gasteiger partial charge in [-0.25, -0.2) is 15.0 Å². The van der Waals surface area contributed by atoms with Crippen LogP contribution in [0.3, 0.4) is 0 Å². The summed E-state index contributed by atoms with van der Waals surface area (Å²) in [4.78, 5) is 34.7. The van der Waals surface area contributed by atoms with Gasteiger partial charge in [0, 0.05) is 74.5 Å². The second-order valence-corrected chi connectivity index (χ2v) is 13.5. The summed E-state index contributed by atoms with van der Waals surface area (Å²) in [5, 5.41) is 1.91. The van der Waals surface area contributed by atoms with Crippen LogP contribution >= 0.6 is 0 Å². The Hall–Kier alpha value is -7.77. The standard InChI is InChI=1S/C49H31N7/c1-3-11-32(12-4-1)34-21-23-43(52-30-34)36-27-37(44-24-22-35(31-53-44)33-13-5-2-6-14-33)29-38(28-36)47-54-48(41-15-7-19-45-39(41)17-9-25-50-45)56-49(55-47)42-16-8-20-46-40(42)18-10-26-51-46/h1-31H. The maximum Gasteiger partial charge on any atom is 0.164 e. The molecule has 0 radical (unpaired) electrons. The van der Waals surface area contributed by atoms with Crippen molar-refractivity contribution in [2.24, 2.45) is 0 Å². The summed E-state index contributed by atoms with van der Waals surface area (Å²) in [5.74, 6) is 1.62. The van der Waals surface area contributed by atoms with Crippen LogP contribution in [0.2, 0.25) is 0 Å². The number of pyridine rings is 4. The van der Waals surface area contributed by atoms with Crippen molar-refractivity contribution in [2.75, 3.05) is 0 Å². The van der Waals surface area contributed by atoms with Gasteiger partial charge in [-0.2, -0.15) is 0 Å². The number of benzene rings is 5. The van der Waals surface area contributed by atoms with Crippen LogP contribution in [-0.2, 0) is 0 Å². The van der Waals surface area contributed by atoms with Crippen molar-refractivity contribution in [2.45, 2.75) is 0 Å². The SMILES string of the molecule is c1ccc(-c2ccc(-c3cc(-c4ccc(-c5ccccc5)cn4)cc(-c4nc(-c5cccc6ncccc56)nc(-c5cccc6ncccc56)n4)c3)nc2)cc1. The zero-order valence-corrected chi connectivity index (χ0v) is 30.0. The molecule has 0 aliphatic rings. The van der Waals surface area contributed by atoms with Crippen LogP contribution in [0.5, 0.6) is 0 Å². The quantitative estimate of drug-likeness (QED) is 0.162. The fourth-order valence-corrected chi connectivity index (χ4v) is 7.13. The van der Waals surface area contributed by atoms with E-state index in [1.54, 1.807) is 12.4 Å². The fraction of sp³-hybridized carbons (Fsp3) is 0. The molecule has 0 aliphatic carbocycles. The summed E-state index contributed by atoms with van der Waals surface area (Å²) in [6.07, 6.45) is 7.44. The molecule has 0 N–H and O–H groups in total. The molecule has 0 atom stereocenters. The van der Waals surface area contributed by atoms with Gasteiger partial charge in [-0.1, -0.05) is 109 Å². The molecule has 5 aromatic carbocycles. The predicted molar refractivity (Wildman–Crippen MR) is 224 cm³/mol. The van der Waals surface area contributed by atoms with Crippen LogP contribution in [0.15, 0.2) is 189 Å². The van der Waals surface area contributed by atoms with Crippen LogP contribution in [0.4, 0.5) is 0 Å². The summed E-state index contributed by atoms with van der Waals surface area (Å²) in [6.45, 7) is 0. The van der Waals surface area contributed by atoms with Gasteiger partial charge in [0.25, 0.3) is 0 Å². The van der Waals surface area contributed by atoms with Crippen molar-refractivity contribution in [3.63, 3.8) is 0 Å². The molecule has 0 amide bonds. The predicted octanol–water partition coefficient (Wildman–Crippen LogP) is 11.4. The molecule has 0 fully saturated rings. The third-order valence-corrected chi connectivity index (χ3v) is 9.93. The topological polar surface area (TPSA) is 90.2 Å². The molecule has 0 bridgehead atoms. The van der Waals surface area contributed by atoms with Crippen LogP contribution in [0.1, 0.15) is 0 Å². The molecule has 7 nitrogen and oxygen atoms in total. The molecule has 0 spiro atoms. The van der Waals surface area contributed by atoms with Gasteiger partial charge >= 0.3 is 0 Å². The monoisotopic (exact) mass is 717 g/mol. The molecule has 0 aliphatic heterocycles. The van der Waals surface area contributed by atoms with Crippen molar-refractivity contribution in [3.05, 3.63) is 189 Å². The molecular weight excluding hydrogens is 687 g/mol. The molecule has 0 saturated carbocycles. The molecule has 5 aromatic heterocycles. The number of nitrogens with zero attached hydrogens (tertiary/aromatic N) is 7. The lowest BCUT2D eigenvalue weighted by Crippen LogP contribution is -2.02. The van der Waals surface area contributed by atoms with E-state index in [9.17, 15) is 0 Å². The van der Waals surface area contributed by atoms with Gasteiger partial charge in [0.05, 0.1) is 22.4 Å². The lowest BCUT2D eigenvalue weighted by molar-refractivity contribution is 1.08. The molecule has 56 heavy (non-hydrogen) atoms. The first-order valence-corrected chi connectivity index (χ1v) is 18.4. The normalized spacial score (nSPS) is 11.2. The Morgan fingerprint density at radius 1 is 0.286 bits per heavy atom. The van der Waals surface area contributed by atoms with Crippen molar-refractivity contribution in [1.82, 2.24) is 34.9 Å². The van der Waals surface area contributed by atoms with Crippen LogP contribution in [0.25, 0.3) is 101 Å². The number of hydrogen-bond acceptors (Lipinski definition) is 7. The molecular formula is C49H31N7. The summed E-state index contributed by atoms with van der Waals surface area (Å²) >= 11 is 0. The van der Waals surface area contributed by atoms with E-state index in [-0.39, 0.29) is 0 Å². The molecule has 7 heteroatoms. The summed E-state index contributed by atoms with van der Waals surface area (Å²) in [7, 11) is 0. The van der Waals surface area contributed by atoms with Crippen molar-refractivity contribution < 1.29 is 0 Å². The number of fused-ring (bicyclic) bond motifs is 2. The molecule has 10 rings (SSSR count). The Kier molecular flexibility index (Phi) is 8.35. The lowest BCUT2D eigenvalue weighted by Gasteiger charge is -2.13. The Labute approximate surface area is 323 Å². The van der Waals surface area contributed by atoms with Crippen molar-refractivity contribution >= 4 is 21.8 Å². The van der Waals surface area contributed by atoms with E-state index in [1.165, 1.54) is 0 Å². The number of hydrogen-bond donors (Lipinski definition) is 0. The first kappa shape index (κ1) is 32.8. The smallest absolute Gasteiger partial charge is 0.164 e. The maximum atomic E-state index is 5.20. The highest BCUT2D eigenvalue weighted by Gasteiger charge is 2.18. The van der Waals surface area contributed by atoms with Crippen LogP contribution in [0, 0.1) is 0 Å². The summed E-state index contributed by atoms with van der Waals surface area (Å²) < 4.78 is 0. The Morgan fingerprint density at radius 2 is 0.750 bits per heavy atom. The second-order valence-electron chi connectivity index (χ2n) is 13.5. The highest BCUT2D eigenvalue weighted by atomic mass is 15.0. The van der Waals surface area contributed by atoms with Gasteiger partial charge in [-0.05, 0) is 65.7 Å². The average molecular weight is 718 g/mol. The minimum Gasteiger partial charge on any atom is -0.256 e. The Balaban J connectivity index is 1.18.